The quantitative estimate of drug-likeness (QED) is 0.377. The summed E-state index contributed by atoms with van der Waals surface area (Å²) in [4.78, 5) is 13.4. The predicted octanol–water partition coefficient (Wildman–Crippen LogP) is 4.85. The Kier molecular flexibility index (Phi) is 5.43. The fourth-order valence-corrected chi connectivity index (χ4v) is 5.64. The van der Waals surface area contributed by atoms with Crippen LogP contribution < -0.4 is 14.2 Å². The van der Waals surface area contributed by atoms with Crippen molar-refractivity contribution in [2.24, 2.45) is 0 Å². The Hall–Kier alpha value is -3.88. The Bertz CT molecular complexity index is 1360. The van der Waals surface area contributed by atoms with E-state index in [2.05, 4.69) is 36.1 Å². The lowest BCUT2D eigenvalue weighted by Gasteiger charge is -2.43. The molecule has 0 aromatic heterocycles. The molecule has 1 aliphatic carbocycles. The van der Waals surface area contributed by atoms with Crippen LogP contribution in [0.15, 0.2) is 60.7 Å². The van der Waals surface area contributed by atoms with Gasteiger partial charge in [-0.15, -0.1) is 0 Å². The topological polar surface area (TPSA) is 83.3 Å². The van der Waals surface area contributed by atoms with Gasteiger partial charge in [-0.25, -0.2) is 0 Å². The number of methoxy groups -OCH3 is 1. The largest absolute Gasteiger partial charge is 0.497 e. The van der Waals surface area contributed by atoms with E-state index in [4.69, 9.17) is 18.9 Å². The Morgan fingerprint density at radius 3 is 2.22 bits per heavy atom. The molecular weight excluding hydrogens is 460 g/mol. The summed E-state index contributed by atoms with van der Waals surface area (Å²) >= 11 is 0. The molecule has 0 bridgehead atoms. The molecule has 184 valence electrons. The fraction of sp³-hybridized carbons (Fsp3) is 0.286. The van der Waals surface area contributed by atoms with Crippen molar-refractivity contribution in [2.45, 2.75) is 12.5 Å². The second-order valence-electron chi connectivity index (χ2n) is 9.21. The number of ether oxygens (including phenoxy) is 4. The van der Waals surface area contributed by atoms with Gasteiger partial charge in [-0.1, -0.05) is 12.1 Å². The SMILES string of the molecule is COc1ccc(C2=C(c3ccc([N+](=O)[O-])cc3)C(C)(N3CCOCC3)c3cc4c(cc32)OCO4)cc1. The van der Waals surface area contributed by atoms with Crippen LogP contribution in [0.4, 0.5) is 5.69 Å². The molecule has 0 radical (unpaired) electrons. The molecule has 2 heterocycles. The summed E-state index contributed by atoms with van der Waals surface area (Å²) < 4.78 is 22.7. The lowest BCUT2D eigenvalue weighted by Crippen LogP contribution is -2.49. The molecule has 1 unspecified atom stereocenters. The van der Waals surface area contributed by atoms with Crippen LogP contribution in [0.5, 0.6) is 17.2 Å². The van der Waals surface area contributed by atoms with E-state index in [0.29, 0.717) is 19.0 Å². The van der Waals surface area contributed by atoms with E-state index in [0.717, 1.165) is 58.0 Å². The first kappa shape index (κ1) is 22.6. The van der Waals surface area contributed by atoms with Crippen molar-refractivity contribution in [1.29, 1.82) is 0 Å². The van der Waals surface area contributed by atoms with Gasteiger partial charge in [-0.05, 0) is 76.7 Å². The van der Waals surface area contributed by atoms with Gasteiger partial charge in [-0.3, -0.25) is 15.0 Å². The molecule has 3 aromatic carbocycles. The second kappa shape index (κ2) is 8.65. The molecule has 1 saturated heterocycles. The first-order valence-electron chi connectivity index (χ1n) is 11.9. The normalized spacial score (nSPS) is 20.9. The van der Waals surface area contributed by atoms with Crippen LogP contribution >= 0.6 is 0 Å². The minimum Gasteiger partial charge on any atom is -0.497 e. The van der Waals surface area contributed by atoms with Gasteiger partial charge >= 0.3 is 0 Å². The molecule has 1 atom stereocenters. The van der Waals surface area contributed by atoms with Gasteiger partial charge in [0.2, 0.25) is 6.79 Å². The molecule has 8 nitrogen and oxygen atoms in total. The lowest BCUT2D eigenvalue weighted by molar-refractivity contribution is -0.384. The highest BCUT2D eigenvalue weighted by Gasteiger charge is 2.48. The molecule has 2 aliphatic heterocycles. The number of rotatable bonds is 5. The van der Waals surface area contributed by atoms with E-state index in [9.17, 15) is 10.1 Å². The summed E-state index contributed by atoms with van der Waals surface area (Å²) in [6.07, 6.45) is 0. The molecule has 3 aliphatic rings. The minimum atomic E-state index is -0.522. The number of hydrogen-bond donors (Lipinski definition) is 0. The van der Waals surface area contributed by atoms with Crippen molar-refractivity contribution in [1.82, 2.24) is 4.90 Å². The van der Waals surface area contributed by atoms with Crippen molar-refractivity contribution >= 4 is 16.8 Å². The molecule has 0 spiro atoms. The van der Waals surface area contributed by atoms with E-state index in [1.54, 1.807) is 19.2 Å². The lowest BCUT2D eigenvalue weighted by atomic mass is 9.81. The van der Waals surface area contributed by atoms with Crippen LogP contribution in [0.3, 0.4) is 0 Å². The van der Waals surface area contributed by atoms with E-state index >= 15 is 0 Å². The molecule has 0 amide bonds. The maximum absolute atomic E-state index is 11.4. The highest BCUT2D eigenvalue weighted by Crippen LogP contribution is 2.57. The second-order valence-corrected chi connectivity index (χ2v) is 9.21. The van der Waals surface area contributed by atoms with Gasteiger partial charge < -0.3 is 18.9 Å². The van der Waals surface area contributed by atoms with Crippen LogP contribution in [-0.2, 0) is 10.3 Å². The van der Waals surface area contributed by atoms with Crippen molar-refractivity contribution in [3.8, 4) is 17.2 Å². The number of non-ortho nitro benzene ring substituents is 1. The van der Waals surface area contributed by atoms with Crippen molar-refractivity contribution < 1.29 is 23.9 Å². The molecule has 0 saturated carbocycles. The standard InChI is InChI=1S/C28H26N2O6/c1-28(29-11-13-34-14-12-29)23-16-25-24(35-17-36-25)15-22(23)26(18-5-9-21(33-2)10-6-18)27(28)19-3-7-20(8-4-19)30(31)32/h3-10,15-16H,11-14,17H2,1-2H3. The smallest absolute Gasteiger partial charge is 0.269 e. The zero-order chi connectivity index (χ0) is 24.9. The van der Waals surface area contributed by atoms with Crippen molar-refractivity contribution in [3.63, 3.8) is 0 Å². The van der Waals surface area contributed by atoms with Crippen LogP contribution in [0, 0.1) is 10.1 Å². The third-order valence-electron chi connectivity index (χ3n) is 7.43. The summed E-state index contributed by atoms with van der Waals surface area (Å²) in [6, 6.07) is 19.0. The highest BCUT2D eigenvalue weighted by atomic mass is 16.7. The average Bonchev–Trinajstić information content (AvgIpc) is 3.48. The Balaban J connectivity index is 1.64. The third kappa shape index (κ3) is 3.44. The molecule has 0 N–H and O–H groups in total. The average molecular weight is 487 g/mol. The zero-order valence-electron chi connectivity index (χ0n) is 20.2. The monoisotopic (exact) mass is 486 g/mol. The van der Waals surface area contributed by atoms with Gasteiger partial charge in [0.15, 0.2) is 11.5 Å². The van der Waals surface area contributed by atoms with Gasteiger partial charge in [0, 0.05) is 25.2 Å². The number of nitro groups is 1. The van der Waals surface area contributed by atoms with E-state index in [1.807, 2.05) is 24.3 Å². The molecule has 8 heteroatoms. The fourth-order valence-electron chi connectivity index (χ4n) is 5.64. The first-order valence-corrected chi connectivity index (χ1v) is 11.9. The maximum atomic E-state index is 11.4. The van der Waals surface area contributed by atoms with Gasteiger partial charge in [0.25, 0.3) is 5.69 Å². The first-order chi connectivity index (χ1) is 17.5. The van der Waals surface area contributed by atoms with Crippen LogP contribution in [-0.4, -0.2) is 50.0 Å². The third-order valence-corrected chi connectivity index (χ3v) is 7.43. The number of nitrogens with zero attached hydrogens (tertiary/aromatic N) is 2. The van der Waals surface area contributed by atoms with Crippen LogP contribution in [0.2, 0.25) is 0 Å². The molecule has 36 heavy (non-hydrogen) atoms. The zero-order valence-corrected chi connectivity index (χ0v) is 20.2. The number of hydrogen-bond acceptors (Lipinski definition) is 7. The van der Waals surface area contributed by atoms with Gasteiger partial charge in [0.05, 0.1) is 30.8 Å². The van der Waals surface area contributed by atoms with E-state index in [1.165, 1.54) is 0 Å². The Morgan fingerprint density at radius 1 is 0.944 bits per heavy atom. The van der Waals surface area contributed by atoms with Crippen molar-refractivity contribution in [3.05, 3.63) is 93.0 Å². The van der Waals surface area contributed by atoms with E-state index < -0.39 is 5.54 Å². The predicted molar refractivity (Wildman–Crippen MR) is 134 cm³/mol. The Labute approximate surface area is 208 Å². The highest BCUT2D eigenvalue weighted by molar-refractivity contribution is 6.07. The van der Waals surface area contributed by atoms with Crippen LogP contribution in [0.1, 0.15) is 29.2 Å². The maximum Gasteiger partial charge on any atom is 0.269 e. The summed E-state index contributed by atoms with van der Waals surface area (Å²) in [5, 5.41) is 11.4. The molecule has 3 aromatic rings. The summed E-state index contributed by atoms with van der Waals surface area (Å²) in [6.45, 7) is 5.23. The van der Waals surface area contributed by atoms with Crippen molar-refractivity contribution in [2.75, 3.05) is 40.2 Å². The number of nitro benzene ring substituents is 1. The van der Waals surface area contributed by atoms with Gasteiger partial charge in [-0.2, -0.15) is 0 Å². The number of benzene rings is 3. The van der Waals surface area contributed by atoms with Gasteiger partial charge in [0.1, 0.15) is 5.75 Å². The molecule has 6 rings (SSSR count). The summed E-state index contributed by atoms with van der Waals surface area (Å²) in [5.74, 6) is 2.22. The molecule has 1 fully saturated rings. The minimum absolute atomic E-state index is 0.0645. The summed E-state index contributed by atoms with van der Waals surface area (Å²) in [7, 11) is 1.65. The number of morpholine rings is 1. The number of fused-ring (bicyclic) bond motifs is 2. The van der Waals surface area contributed by atoms with Crippen LogP contribution in [0.25, 0.3) is 11.1 Å². The van der Waals surface area contributed by atoms with E-state index in [-0.39, 0.29) is 17.4 Å². The molecular formula is C28H26N2O6. The summed E-state index contributed by atoms with van der Waals surface area (Å²) in [5.41, 5.74) is 5.83. The Morgan fingerprint density at radius 2 is 1.58 bits per heavy atom.